The molecule has 2 atom stereocenters. The average molecular weight is 482 g/mol. The van der Waals surface area contributed by atoms with E-state index in [4.69, 9.17) is 5.11 Å². The smallest absolute Gasteiger partial charge is 0.135 e. The molecule has 0 aliphatic rings. The van der Waals surface area contributed by atoms with Crippen LogP contribution < -0.4 is 0 Å². The lowest BCUT2D eigenvalue weighted by atomic mass is 9.92. The molecule has 0 bridgehead atoms. The second-order valence-electron chi connectivity index (χ2n) is 8.49. The van der Waals surface area contributed by atoms with Gasteiger partial charge >= 0.3 is 0 Å². The normalized spacial score (nSPS) is 13.3. The maximum absolute atomic E-state index is 14.3. The molecule has 0 aliphatic carbocycles. The molecular weight excluding hydrogens is 456 g/mol. The zero-order chi connectivity index (χ0) is 25.1. The fourth-order valence-corrected chi connectivity index (χ4v) is 3.68. The predicted octanol–water partition coefficient (Wildman–Crippen LogP) is 3.10. The molecule has 9 nitrogen and oxygen atoms in total. The summed E-state index contributed by atoms with van der Waals surface area (Å²) in [5.41, 5.74) is 2.87. The van der Waals surface area contributed by atoms with E-state index in [9.17, 15) is 13.9 Å². The Kier molecular flexibility index (Phi) is 7.17. The number of benzene rings is 1. The van der Waals surface area contributed by atoms with Crippen LogP contribution in [0.5, 0.6) is 0 Å². The van der Waals surface area contributed by atoms with E-state index in [2.05, 4.69) is 30.4 Å². The number of hydrogen-bond acceptors (Lipinski definition) is 8. The van der Waals surface area contributed by atoms with Crippen LogP contribution in [0.25, 0.3) is 22.6 Å². The van der Waals surface area contributed by atoms with Crippen molar-refractivity contribution in [2.24, 2.45) is 0 Å². The highest BCUT2D eigenvalue weighted by molar-refractivity contribution is 5.61. The third kappa shape index (κ3) is 5.20. The number of aromatic nitrogens is 7. The number of halogens is 2. The quantitative estimate of drug-likeness (QED) is 0.394. The summed E-state index contributed by atoms with van der Waals surface area (Å²) in [4.78, 5) is 10.2. The van der Waals surface area contributed by atoms with Gasteiger partial charge in [-0.05, 0) is 29.7 Å². The second kappa shape index (κ2) is 10.3. The van der Waals surface area contributed by atoms with E-state index in [1.54, 1.807) is 18.5 Å². The molecule has 4 aromatic rings. The molecule has 11 heteroatoms. The van der Waals surface area contributed by atoms with Crippen molar-refractivity contribution in [3.05, 3.63) is 71.4 Å². The minimum atomic E-state index is -0.971. The monoisotopic (exact) mass is 481 g/mol. The highest BCUT2D eigenvalue weighted by atomic mass is 19.1. The van der Waals surface area contributed by atoms with Crippen molar-refractivity contribution >= 4 is 0 Å². The molecule has 1 unspecified atom stereocenters. The number of hydrogen-bond donors (Lipinski definition) is 2. The maximum atomic E-state index is 14.3. The van der Waals surface area contributed by atoms with Crippen LogP contribution in [0.4, 0.5) is 8.78 Å². The molecule has 2 N–H and O–H groups in total. The number of aliphatic hydroxyl groups is 2. The van der Waals surface area contributed by atoms with Crippen LogP contribution in [0.15, 0.2) is 42.9 Å². The lowest BCUT2D eigenvalue weighted by Crippen LogP contribution is -2.21. The molecule has 3 heterocycles. The molecule has 1 aromatic carbocycles. The van der Waals surface area contributed by atoms with Crippen LogP contribution in [-0.4, -0.2) is 58.1 Å². The van der Waals surface area contributed by atoms with E-state index in [0.717, 1.165) is 5.56 Å². The Hall–Kier alpha value is -3.70. The van der Waals surface area contributed by atoms with E-state index in [1.165, 1.54) is 29.2 Å². The minimum Gasteiger partial charge on any atom is -0.394 e. The number of rotatable bonds is 8. The fourth-order valence-electron chi connectivity index (χ4n) is 3.68. The average Bonchev–Trinajstić information content (AvgIpc) is 3.32. The summed E-state index contributed by atoms with van der Waals surface area (Å²) < 4.78 is 28.7. The molecule has 0 radical (unpaired) electrons. The molecule has 0 saturated carbocycles. The van der Waals surface area contributed by atoms with Gasteiger partial charge in [0.15, 0.2) is 0 Å². The van der Waals surface area contributed by atoms with Crippen LogP contribution in [0.3, 0.4) is 0 Å². The Morgan fingerprint density at radius 3 is 2.40 bits per heavy atom. The summed E-state index contributed by atoms with van der Waals surface area (Å²) in [7, 11) is 0. The van der Waals surface area contributed by atoms with Gasteiger partial charge in [-0.1, -0.05) is 26.8 Å². The van der Waals surface area contributed by atoms with Crippen LogP contribution in [0.1, 0.15) is 49.6 Å². The Labute approximate surface area is 200 Å². The summed E-state index contributed by atoms with van der Waals surface area (Å²) in [6.45, 7) is 5.49. The van der Waals surface area contributed by atoms with Gasteiger partial charge in [-0.3, -0.25) is 4.98 Å². The Bertz CT molecular complexity index is 1310. The highest BCUT2D eigenvalue weighted by Crippen LogP contribution is 2.32. The zero-order valence-corrected chi connectivity index (χ0v) is 19.5. The van der Waals surface area contributed by atoms with Crippen molar-refractivity contribution in [1.82, 2.24) is 35.2 Å². The molecule has 0 amide bonds. The highest BCUT2D eigenvalue weighted by Gasteiger charge is 2.22. The lowest BCUT2D eigenvalue weighted by molar-refractivity contribution is 0.0747. The standard InChI is InChI=1S/C24H25F2N7O2/c1-13(2)16-7-19(23-17(25)5-4-6-18(23)26)30-31-24(16)14(3)20-8-27-9-21(29-20)22-10-28-33(32-22)11-15(35)12-34/h4-10,13-15,34-35H,11-12H2,1-3H3/t14?,15-/m1/s1. The number of nitrogens with zero attached hydrogens (tertiary/aromatic N) is 7. The summed E-state index contributed by atoms with van der Waals surface area (Å²) in [6, 6.07) is 5.35. The lowest BCUT2D eigenvalue weighted by Gasteiger charge is -2.18. The van der Waals surface area contributed by atoms with Gasteiger partial charge < -0.3 is 10.2 Å². The predicted molar refractivity (Wildman–Crippen MR) is 123 cm³/mol. The molecule has 182 valence electrons. The van der Waals surface area contributed by atoms with Crippen molar-refractivity contribution in [2.75, 3.05) is 6.61 Å². The summed E-state index contributed by atoms with van der Waals surface area (Å²) in [5.74, 6) is -1.72. The van der Waals surface area contributed by atoms with E-state index < -0.39 is 24.3 Å². The van der Waals surface area contributed by atoms with Gasteiger partial charge in [-0.25, -0.2) is 13.8 Å². The largest absolute Gasteiger partial charge is 0.394 e. The van der Waals surface area contributed by atoms with Gasteiger partial charge in [0, 0.05) is 12.1 Å². The molecule has 4 rings (SSSR count). The molecular formula is C24H25F2N7O2. The van der Waals surface area contributed by atoms with Crippen molar-refractivity contribution in [3.63, 3.8) is 0 Å². The van der Waals surface area contributed by atoms with Crippen molar-refractivity contribution in [3.8, 4) is 22.6 Å². The van der Waals surface area contributed by atoms with Gasteiger partial charge in [0.25, 0.3) is 0 Å². The molecule has 3 aromatic heterocycles. The first-order valence-corrected chi connectivity index (χ1v) is 11.1. The van der Waals surface area contributed by atoms with E-state index in [1.807, 2.05) is 20.8 Å². The van der Waals surface area contributed by atoms with Gasteiger partial charge in [0.05, 0.1) is 54.3 Å². The fraction of sp³-hybridized carbons (Fsp3) is 0.333. The van der Waals surface area contributed by atoms with Crippen LogP contribution in [0, 0.1) is 11.6 Å². The van der Waals surface area contributed by atoms with Crippen LogP contribution in [0.2, 0.25) is 0 Å². The topological polar surface area (TPSA) is 123 Å². The van der Waals surface area contributed by atoms with Crippen molar-refractivity contribution < 1.29 is 19.0 Å². The van der Waals surface area contributed by atoms with Crippen molar-refractivity contribution in [1.29, 1.82) is 0 Å². The molecule has 35 heavy (non-hydrogen) atoms. The Morgan fingerprint density at radius 2 is 1.71 bits per heavy atom. The van der Waals surface area contributed by atoms with Gasteiger partial charge in [-0.2, -0.15) is 25.2 Å². The number of aliphatic hydroxyl groups excluding tert-OH is 2. The third-order valence-electron chi connectivity index (χ3n) is 5.59. The Balaban J connectivity index is 1.67. The van der Waals surface area contributed by atoms with E-state index in [-0.39, 0.29) is 29.6 Å². The summed E-state index contributed by atoms with van der Waals surface area (Å²) in [6.07, 6.45) is 3.69. The van der Waals surface area contributed by atoms with Gasteiger partial charge in [0.1, 0.15) is 23.0 Å². The third-order valence-corrected chi connectivity index (χ3v) is 5.59. The molecule has 0 saturated heterocycles. The van der Waals surface area contributed by atoms with Crippen LogP contribution >= 0.6 is 0 Å². The first kappa shape index (κ1) is 24.4. The first-order chi connectivity index (χ1) is 16.8. The SMILES string of the molecule is CC(C)c1cc(-c2c(F)cccc2F)nnc1C(C)c1cncc(-c2cnn(C[C@@H](O)CO)n2)n1. The minimum absolute atomic E-state index is 0.00512. The zero-order valence-electron chi connectivity index (χ0n) is 19.5. The first-order valence-electron chi connectivity index (χ1n) is 11.1. The molecule has 0 spiro atoms. The van der Waals surface area contributed by atoms with E-state index in [0.29, 0.717) is 22.8 Å². The molecule has 0 aliphatic heterocycles. The van der Waals surface area contributed by atoms with Gasteiger partial charge in [0.2, 0.25) is 0 Å². The summed E-state index contributed by atoms with van der Waals surface area (Å²) >= 11 is 0. The molecule has 0 fully saturated rings. The Morgan fingerprint density at radius 1 is 0.971 bits per heavy atom. The summed E-state index contributed by atoms with van der Waals surface area (Å²) in [5, 5.41) is 35.4. The second-order valence-corrected chi connectivity index (χ2v) is 8.49. The maximum Gasteiger partial charge on any atom is 0.135 e. The van der Waals surface area contributed by atoms with Crippen LogP contribution in [-0.2, 0) is 6.54 Å². The van der Waals surface area contributed by atoms with E-state index >= 15 is 0 Å². The van der Waals surface area contributed by atoms with Gasteiger partial charge in [-0.15, -0.1) is 0 Å². The van der Waals surface area contributed by atoms with Crippen molar-refractivity contribution in [2.45, 2.75) is 45.3 Å².